The molecular formula is C16H14O3. The Labute approximate surface area is 111 Å². The fourth-order valence-corrected chi connectivity index (χ4v) is 1.83. The molecule has 0 aromatic heterocycles. The molecule has 0 radical (unpaired) electrons. The van der Waals surface area contributed by atoms with E-state index in [2.05, 4.69) is 0 Å². The molecule has 0 aliphatic rings. The average Bonchev–Trinajstić information content (AvgIpc) is 2.46. The molecule has 3 heteroatoms. The van der Waals surface area contributed by atoms with Gasteiger partial charge >= 0.3 is 0 Å². The van der Waals surface area contributed by atoms with Crippen LogP contribution in [0.1, 0.15) is 17.3 Å². The zero-order chi connectivity index (χ0) is 13.8. The Morgan fingerprint density at radius 2 is 1.63 bits per heavy atom. The van der Waals surface area contributed by atoms with E-state index < -0.39 is 11.6 Å². The van der Waals surface area contributed by atoms with Crippen LogP contribution in [0.15, 0.2) is 48.5 Å². The molecule has 2 aromatic rings. The lowest BCUT2D eigenvalue weighted by Crippen LogP contribution is -2.09. The van der Waals surface area contributed by atoms with Crippen molar-refractivity contribution < 1.29 is 14.3 Å². The molecule has 0 aliphatic heterocycles. The molecule has 0 aliphatic carbocycles. The molecule has 0 fully saturated rings. The summed E-state index contributed by atoms with van der Waals surface area (Å²) in [6.45, 7) is 1.28. The maximum Gasteiger partial charge on any atom is 0.228 e. The minimum absolute atomic E-state index is 0.417. The van der Waals surface area contributed by atoms with E-state index in [0.29, 0.717) is 5.56 Å². The highest BCUT2D eigenvalue weighted by atomic mass is 16.5. The van der Waals surface area contributed by atoms with E-state index >= 15 is 0 Å². The summed E-state index contributed by atoms with van der Waals surface area (Å²) in [4.78, 5) is 22.8. The van der Waals surface area contributed by atoms with Crippen molar-refractivity contribution in [2.45, 2.75) is 6.92 Å². The van der Waals surface area contributed by atoms with Crippen LogP contribution >= 0.6 is 0 Å². The first-order chi connectivity index (χ1) is 9.11. The Hall–Kier alpha value is -2.42. The van der Waals surface area contributed by atoms with Crippen molar-refractivity contribution in [2.24, 2.45) is 0 Å². The lowest BCUT2D eigenvalue weighted by atomic mass is 10.0. The van der Waals surface area contributed by atoms with Crippen LogP contribution in [0.2, 0.25) is 0 Å². The maximum atomic E-state index is 11.7. The SMILES string of the molecule is COc1ccc(-c2cccc(C(=O)C(C)=O)c2)cc1. The van der Waals surface area contributed by atoms with Gasteiger partial charge in [0.25, 0.3) is 0 Å². The third-order valence-electron chi connectivity index (χ3n) is 2.87. The molecule has 19 heavy (non-hydrogen) atoms. The Morgan fingerprint density at radius 3 is 2.21 bits per heavy atom. The quantitative estimate of drug-likeness (QED) is 0.622. The number of ether oxygens (including phenoxy) is 1. The highest BCUT2D eigenvalue weighted by Gasteiger charge is 2.11. The third-order valence-corrected chi connectivity index (χ3v) is 2.87. The maximum absolute atomic E-state index is 11.7. The molecule has 96 valence electrons. The third kappa shape index (κ3) is 2.88. The van der Waals surface area contributed by atoms with Gasteiger partial charge in [0.05, 0.1) is 7.11 Å². The average molecular weight is 254 g/mol. The van der Waals surface area contributed by atoms with Crippen LogP contribution in [0.3, 0.4) is 0 Å². The summed E-state index contributed by atoms with van der Waals surface area (Å²) in [5.41, 5.74) is 2.29. The fraction of sp³-hybridized carbons (Fsp3) is 0.125. The van der Waals surface area contributed by atoms with Gasteiger partial charge < -0.3 is 4.74 Å². The van der Waals surface area contributed by atoms with Gasteiger partial charge in [0.2, 0.25) is 5.78 Å². The summed E-state index contributed by atoms with van der Waals surface area (Å²) in [5, 5.41) is 0. The Morgan fingerprint density at radius 1 is 0.947 bits per heavy atom. The molecule has 0 atom stereocenters. The van der Waals surface area contributed by atoms with Crippen LogP contribution in [0.5, 0.6) is 5.75 Å². The van der Waals surface area contributed by atoms with Crippen molar-refractivity contribution in [2.75, 3.05) is 7.11 Å². The number of carbonyl (C=O) groups is 2. The molecule has 0 N–H and O–H groups in total. The summed E-state index contributed by atoms with van der Waals surface area (Å²) in [5.74, 6) is -0.137. The molecule has 0 saturated heterocycles. The number of hydrogen-bond donors (Lipinski definition) is 0. The monoisotopic (exact) mass is 254 g/mol. The van der Waals surface area contributed by atoms with Gasteiger partial charge in [0, 0.05) is 12.5 Å². The van der Waals surface area contributed by atoms with Gasteiger partial charge in [-0.05, 0) is 29.3 Å². The molecule has 0 saturated carbocycles. The van der Waals surface area contributed by atoms with E-state index in [1.54, 1.807) is 25.3 Å². The van der Waals surface area contributed by atoms with Gasteiger partial charge in [-0.25, -0.2) is 0 Å². The van der Waals surface area contributed by atoms with Gasteiger partial charge in [-0.3, -0.25) is 9.59 Å². The second kappa shape index (κ2) is 5.48. The van der Waals surface area contributed by atoms with Crippen LogP contribution in [0, 0.1) is 0 Å². The predicted molar refractivity (Wildman–Crippen MR) is 73.4 cm³/mol. The number of Topliss-reactive ketones (excluding diaryl/α,β-unsaturated/α-hetero) is 2. The minimum Gasteiger partial charge on any atom is -0.497 e. The largest absolute Gasteiger partial charge is 0.497 e. The highest BCUT2D eigenvalue weighted by molar-refractivity contribution is 6.43. The van der Waals surface area contributed by atoms with Gasteiger partial charge in [-0.1, -0.05) is 30.3 Å². The summed E-state index contributed by atoms with van der Waals surface area (Å²) in [6, 6.07) is 14.6. The smallest absolute Gasteiger partial charge is 0.228 e. The van der Waals surface area contributed by atoms with Crippen LogP contribution in [0.4, 0.5) is 0 Å². The second-order valence-electron chi connectivity index (χ2n) is 4.19. The zero-order valence-corrected chi connectivity index (χ0v) is 10.8. The lowest BCUT2D eigenvalue weighted by Gasteiger charge is -2.05. The normalized spacial score (nSPS) is 10.0. The van der Waals surface area contributed by atoms with Gasteiger partial charge in [0.15, 0.2) is 5.78 Å². The van der Waals surface area contributed by atoms with E-state index in [4.69, 9.17) is 4.74 Å². The summed E-state index contributed by atoms with van der Waals surface area (Å²) < 4.78 is 5.10. The van der Waals surface area contributed by atoms with E-state index in [1.165, 1.54) is 6.92 Å². The topological polar surface area (TPSA) is 43.4 Å². The molecule has 0 unspecified atom stereocenters. The van der Waals surface area contributed by atoms with E-state index in [1.807, 2.05) is 30.3 Å². The number of benzene rings is 2. The number of methoxy groups -OCH3 is 1. The zero-order valence-electron chi connectivity index (χ0n) is 10.8. The predicted octanol–water partition coefficient (Wildman–Crippen LogP) is 3.13. The van der Waals surface area contributed by atoms with E-state index in [0.717, 1.165) is 16.9 Å². The summed E-state index contributed by atoms with van der Waals surface area (Å²) in [7, 11) is 1.61. The van der Waals surface area contributed by atoms with Crippen molar-refractivity contribution in [1.29, 1.82) is 0 Å². The van der Waals surface area contributed by atoms with Gasteiger partial charge in [-0.15, -0.1) is 0 Å². The fourth-order valence-electron chi connectivity index (χ4n) is 1.83. The number of carbonyl (C=O) groups excluding carboxylic acids is 2. The minimum atomic E-state index is -0.463. The van der Waals surface area contributed by atoms with Crippen LogP contribution in [0.25, 0.3) is 11.1 Å². The first kappa shape index (κ1) is 13.0. The first-order valence-corrected chi connectivity index (χ1v) is 5.91. The molecular weight excluding hydrogens is 240 g/mol. The van der Waals surface area contributed by atoms with Crippen molar-refractivity contribution in [3.8, 4) is 16.9 Å². The van der Waals surface area contributed by atoms with Crippen LogP contribution in [-0.2, 0) is 4.79 Å². The number of ketones is 2. The Bertz CT molecular complexity index is 612. The Balaban J connectivity index is 2.37. The van der Waals surface area contributed by atoms with E-state index in [9.17, 15) is 9.59 Å². The van der Waals surface area contributed by atoms with Crippen molar-refractivity contribution in [3.05, 3.63) is 54.1 Å². The molecule has 3 nitrogen and oxygen atoms in total. The highest BCUT2D eigenvalue weighted by Crippen LogP contribution is 2.23. The molecule has 2 aromatic carbocycles. The number of rotatable bonds is 4. The molecule has 0 amide bonds. The molecule has 2 rings (SSSR count). The van der Waals surface area contributed by atoms with Crippen LogP contribution < -0.4 is 4.74 Å². The van der Waals surface area contributed by atoms with Crippen LogP contribution in [-0.4, -0.2) is 18.7 Å². The van der Waals surface area contributed by atoms with Crippen molar-refractivity contribution in [1.82, 2.24) is 0 Å². The second-order valence-corrected chi connectivity index (χ2v) is 4.19. The first-order valence-electron chi connectivity index (χ1n) is 5.91. The molecule has 0 heterocycles. The standard InChI is InChI=1S/C16H14O3/c1-11(17)16(18)14-5-3-4-13(10-14)12-6-8-15(19-2)9-7-12/h3-10H,1-2H3. The molecule has 0 bridgehead atoms. The van der Waals surface area contributed by atoms with Crippen molar-refractivity contribution >= 4 is 11.6 Å². The molecule has 0 spiro atoms. The van der Waals surface area contributed by atoms with Crippen molar-refractivity contribution in [3.63, 3.8) is 0 Å². The lowest BCUT2D eigenvalue weighted by molar-refractivity contribution is -0.113. The summed E-state index contributed by atoms with van der Waals surface area (Å²) in [6.07, 6.45) is 0. The van der Waals surface area contributed by atoms with Gasteiger partial charge in [-0.2, -0.15) is 0 Å². The Kier molecular flexibility index (Phi) is 3.76. The van der Waals surface area contributed by atoms with Gasteiger partial charge in [0.1, 0.15) is 5.75 Å². The van der Waals surface area contributed by atoms with E-state index in [-0.39, 0.29) is 0 Å². The summed E-state index contributed by atoms with van der Waals surface area (Å²) >= 11 is 0. The number of hydrogen-bond acceptors (Lipinski definition) is 3.